The quantitative estimate of drug-likeness (QED) is 0.468. The Balaban J connectivity index is 1.89. The molecule has 0 spiro atoms. The molecular formula is C24H34BN3O5. The highest BCUT2D eigenvalue weighted by Gasteiger charge is 2.52. The van der Waals surface area contributed by atoms with E-state index in [-0.39, 0.29) is 6.10 Å². The van der Waals surface area contributed by atoms with Crippen molar-refractivity contribution in [3.05, 3.63) is 35.5 Å². The average molecular weight is 455 g/mol. The minimum atomic E-state index is -0.686. The number of ether oxygens (including phenoxy) is 2. The number of esters is 1. The van der Waals surface area contributed by atoms with Crippen molar-refractivity contribution >= 4 is 30.2 Å². The third kappa shape index (κ3) is 5.30. The van der Waals surface area contributed by atoms with Crippen LogP contribution >= 0.6 is 0 Å². The van der Waals surface area contributed by atoms with E-state index in [1.807, 2.05) is 40.7 Å². The van der Waals surface area contributed by atoms with Gasteiger partial charge in [0.1, 0.15) is 0 Å². The van der Waals surface area contributed by atoms with Gasteiger partial charge in [-0.3, -0.25) is 0 Å². The molecule has 1 aliphatic rings. The number of hydrogen-bond donors (Lipinski definition) is 1. The third-order valence-corrected chi connectivity index (χ3v) is 6.34. The average Bonchev–Trinajstić information content (AvgIpc) is 3.00. The van der Waals surface area contributed by atoms with Crippen molar-refractivity contribution in [3.63, 3.8) is 0 Å². The lowest BCUT2D eigenvalue weighted by Crippen LogP contribution is -2.41. The molecule has 0 bridgehead atoms. The Morgan fingerprint density at radius 2 is 1.79 bits per heavy atom. The van der Waals surface area contributed by atoms with Crippen LogP contribution in [0.25, 0.3) is 0 Å². The largest absolute Gasteiger partial charge is 0.495 e. The smallest absolute Gasteiger partial charge is 0.474 e. The molecule has 33 heavy (non-hydrogen) atoms. The molecule has 2 heterocycles. The first-order valence-electron chi connectivity index (χ1n) is 11.4. The topological polar surface area (TPSA) is 91.8 Å². The van der Waals surface area contributed by atoms with E-state index in [1.54, 1.807) is 18.3 Å². The van der Waals surface area contributed by atoms with Crippen LogP contribution in [-0.4, -0.2) is 47.5 Å². The molecule has 1 aromatic carbocycles. The Labute approximate surface area is 196 Å². The summed E-state index contributed by atoms with van der Waals surface area (Å²) in [6.07, 6.45) is 3.60. The highest BCUT2D eigenvalue weighted by atomic mass is 16.7. The van der Waals surface area contributed by atoms with E-state index in [0.717, 1.165) is 18.4 Å². The van der Waals surface area contributed by atoms with Gasteiger partial charge in [0.2, 0.25) is 11.8 Å². The third-order valence-electron chi connectivity index (χ3n) is 6.34. The van der Waals surface area contributed by atoms with Crippen molar-refractivity contribution in [2.75, 3.05) is 12.4 Å². The van der Waals surface area contributed by atoms with E-state index in [2.05, 4.69) is 29.1 Å². The van der Waals surface area contributed by atoms with E-state index in [9.17, 15) is 4.79 Å². The molecule has 3 rings (SSSR count). The molecule has 1 N–H and O–H groups in total. The maximum absolute atomic E-state index is 12.6. The molecule has 1 fully saturated rings. The van der Waals surface area contributed by atoms with Crippen molar-refractivity contribution in [3.8, 4) is 5.88 Å². The van der Waals surface area contributed by atoms with Crippen molar-refractivity contribution in [1.29, 1.82) is 0 Å². The first-order valence-corrected chi connectivity index (χ1v) is 11.4. The summed E-state index contributed by atoms with van der Waals surface area (Å²) in [5.41, 5.74) is 1.40. The lowest BCUT2D eigenvalue weighted by molar-refractivity contribution is 0.00578. The molecule has 0 amide bonds. The second kappa shape index (κ2) is 9.69. The number of carbonyl (C=O) groups is 1. The molecule has 1 aromatic heterocycles. The fraction of sp³-hybridized carbons (Fsp3) is 0.542. The summed E-state index contributed by atoms with van der Waals surface area (Å²) in [6, 6.07) is 5.32. The SMILES string of the molecule is CCC(CC)Oc1nc(Nc2ccc(B3OC(C)(C)C(C)(C)O3)c(C(=O)OC)c2)ncc1C. The van der Waals surface area contributed by atoms with E-state index in [0.29, 0.717) is 28.5 Å². The second-order valence-electron chi connectivity index (χ2n) is 9.24. The van der Waals surface area contributed by atoms with Crippen molar-refractivity contribution in [1.82, 2.24) is 9.97 Å². The van der Waals surface area contributed by atoms with Crippen LogP contribution in [0.1, 0.15) is 70.3 Å². The Bertz CT molecular complexity index is 992. The van der Waals surface area contributed by atoms with Crippen LogP contribution in [0.4, 0.5) is 11.6 Å². The van der Waals surface area contributed by atoms with Crippen LogP contribution in [-0.2, 0) is 14.0 Å². The van der Waals surface area contributed by atoms with Crippen LogP contribution < -0.4 is 15.5 Å². The summed E-state index contributed by atoms with van der Waals surface area (Å²) < 4.78 is 23.3. The normalized spacial score (nSPS) is 16.7. The zero-order valence-electron chi connectivity index (χ0n) is 20.8. The lowest BCUT2D eigenvalue weighted by atomic mass is 9.75. The molecule has 8 nitrogen and oxygen atoms in total. The van der Waals surface area contributed by atoms with Gasteiger partial charge in [-0.2, -0.15) is 4.98 Å². The second-order valence-corrected chi connectivity index (χ2v) is 9.24. The molecule has 9 heteroatoms. The minimum Gasteiger partial charge on any atom is -0.474 e. The molecule has 0 unspecified atom stereocenters. The summed E-state index contributed by atoms with van der Waals surface area (Å²) in [6.45, 7) is 14.0. The zero-order valence-corrected chi connectivity index (χ0v) is 20.8. The first kappa shape index (κ1) is 25.0. The van der Waals surface area contributed by atoms with Gasteiger partial charge in [0.25, 0.3) is 0 Å². The zero-order chi connectivity index (χ0) is 24.4. The number of hydrogen-bond acceptors (Lipinski definition) is 8. The minimum absolute atomic E-state index is 0.0940. The maximum atomic E-state index is 12.6. The summed E-state index contributed by atoms with van der Waals surface area (Å²) in [4.78, 5) is 21.5. The van der Waals surface area contributed by atoms with Gasteiger partial charge >= 0.3 is 13.1 Å². The number of methoxy groups -OCH3 is 1. The van der Waals surface area contributed by atoms with E-state index in [4.69, 9.17) is 18.8 Å². The fourth-order valence-electron chi connectivity index (χ4n) is 3.44. The molecular weight excluding hydrogens is 421 g/mol. The van der Waals surface area contributed by atoms with E-state index in [1.165, 1.54) is 7.11 Å². The highest BCUT2D eigenvalue weighted by Crippen LogP contribution is 2.37. The lowest BCUT2D eigenvalue weighted by Gasteiger charge is -2.32. The number of carbonyl (C=O) groups excluding carboxylic acids is 1. The number of aromatic nitrogens is 2. The summed E-state index contributed by atoms with van der Waals surface area (Å²) >= 11 is 0. The van der Waals surface area contributed by atoms with Crippen LogP contribution in [0.15, 0.2) is 24.4 Å². The monoisotopic (exact) mass is 455 g/mol. The number of nitrogens with one attached hydrogen (secondary N) is 1. The molecule has 0 radical (unpaired) electrons. The van der Waals surface area contributed by atoms with Gasteiger partial charge in [0, 0.05) is 17.4 Å². The van der Waals surface area contributed by atoms with Gasteiger partial charge in [0.05, 0.1) is 30.0 Å². The summed E-state index contributed by atoms with van der Waals surface area (Å²) in [5, 5.41) is 3.16. The van der Waals surface area contributed by atoms with Crippen LogP contribution in [0.2, 0.25) is 0 Å². The van der Waals surface area contributed by atoms with Gasteiger partial charge in [-0.25, -0.2) is 9.78 Å². The number of benzene rings is 1. The molecule has 178 valence electrons. The van der Waals surface area contributed by atoms with Crippen molar-refractivity contribution < 1.29 is 23.6 Å². The maximum Gasteiger partial charge on any atom is 0.495 e. The molecule has 2 aromatic rings. The Morgan fingerprint density at radius 3 is 2.36 bits per heavy atom. The van der Waals surface area contributed by atoms with Gasteiger partial charge in [-0.1, -0.05) is 19.9 Å². The molecule has 1 saturated heterocycles. The van der Waals surface area contributed by atoms with Gasteiger partial charge in [0.15, 0.2) is 0 Å². The van der Waals surface area contributed by atoms with E-state index < -0.39 is 24.3 Å². The standard InChI is InChI=1S/C24H34BN3O5/c1-9-17(10-2)31-20-15(3)14-26-22(28-20)27-16-11-12-19(18(13-16)21(29)30-8)25-32-23(4,5)24(6,7)33-25/h11-14,17H,9-10H2,1-8H3,(H,26,27,28). The van der Waals surface area contributed by atoms with Crippen molar-refractivity contribution in [2.45, 2.75) is 78.6 Å². The number of rotatable bonds is 8. The molecule has 0 atom stereocenters. The Hall–Kier alpha value is -2.65. The molecule has 0 aliphatic carbocycles. The molecule has 0 saturated carbocycles. The highest BCUT2D eigenvalue weighted by molar-refractivity contribution is 6.63. The predicted octanol–water partition coefficient (Wildman–Crippen LogP) is 4.18. The van der Waals surface area contributed by atoms with Gasteiger partial charge < -0.3 is 24.1 Å². The van der Waals surface area contributed by atoms with Crippen molar-refractivity contribution in [2.24, 2.45) is 0 Å². The number of anilines is 2. The number of nitrogens with zero attached hydrogens (tertiary/aromatic N) is 2. The van der Waals surface area contributed by atoms with Gasteiger partial charge in [-0.05, 0) is 65.1 Å². The number of aryl methyl sites for hydroxylation is 1. The van der Waals surface area contributed by atoms with Crippen LogP contribution in [0, 0.1) is 6.92 Å². The summed E-state index contributed by atoms with van der Waals surface area (Å²) in [5.74, 6) is 0.440. The van der Waals surface area contributed by atoms with Gasteiger partial charge in [-0.15, -0.1) is 0 Å². The summed E-state index contributed by atoms with van der Waals surface area (Å²) in [7, 11) is 0.662. The first-order chi connectivity index (χ1) is 15.5. The van der Waals surface area contributed by atoms with E-state index >= 15 is 0 Å². The predicted molar refractivity (Wildman–Crippen MR) is 129 cm³/mol. The van der Waals surface area contributed by atoms with Crippen LogP contribution in [0.3, 0.4) is 0 Å². The Kier molecular flexibility index (Phi) is 7.34. The van der Waals surface area contributed by atoms with Crippen LogP contribution in [0.5, 0.6) is 5.88 Å². The fourth-order valence-corrected chi connectivity index (χ4v) is 3.44. The Morgan fingerprint density at radius 1 is 1.15 bits per heavy atom. The molecule has 1 aliphatic heterocycles.